The zero-order valence-electron chi connectivity index (χ0n) is 9.36. The van der Waals surface area contributed by atoms with Gasteiger partial charge < -0.3 is 0 Å². The molecule has 0 amide bonds. The van der Waals surface area contributed by atoms with E-state index in [1.807, 2.05) is 30.5 Å². The maximum atomic E-state index is 4.27. The van der Waals surface area contributed by atoms with Crippen molar-refractivity contribution in [2.75, 3.05) is 0 Å². The number of nitrogens with zero attached hydrogens (tertiary/aromatic N) is 4. The fraction of sp³-hybridized carbons (Fsp3) is 0. The SMILES string of the molecule is Brc1cccc(-c2cnn(-c3ncccn3)c2)c1. The number of hydrogen-bond donors (Lipinski definition) is 0. The van der Waals surface area contributed by atoms with Crippen LogP contribution in [0.25, 0.3) is 17.1 Å². The highest BCUT2D eigenvalue weighted by atomic mass is 79.9. The molecule has 1 aromatic carbocycles. The van der Waals surface area contributed by atoms with Crippen LogP contribution >= 0.6 is 15.9 Å². The Kier molecular flexibility index (Phi) is 2.90. The van der Waals surface area contributed by atoms with E-state index in [1.54, 1.807) is 29.3 Å². The summed E-state index contributed by atoms with van der Waals surface area (Å²) in [6.07, 6.45) is 7.11. The summed E-state index contributed by atoms with van der Waals surface area (Å²) in [6.45, 7) is 0. The van der Waals surface area contributed by atoms with E-state index in [4.69, 9.17) is 0 Å². The minimum Gasteiger partial charge on any atom is -0.220 e. The second-order valence-electron chi connectivity index (χ2n) is 3.73. The van der Waals surface area contributed by atoms with Gasteiger partial charge in [-0.05, 0) is 23.8 Å². The Bertz CT molecular complexity index is 664. The number of halogens is 1. The van der Waals surface area contributed by atoms with Gasteiger partial charge in [-0.25, -0.2) is 14.6 Å². The van der Waals surface area contributed by atoms with E-state index in [-0.39, 0.29) is 0 Å². The smallest absolute Gasteiger partial charge is 0.220 e. The maximum Gasteiger partial charge on any atom is 0.250 e. The topological polar surface area (TPSA) is 43.6 Å². The number of benzene rings is 1. The van der Waals surface area contributed by atoms with Crippen molar-refractivity contribution in [3.8, 4) is 17.1 Å². The van der Waals surface area contributed by atoms with Gasteiger partial charge in [-0.2, -0.15) is 5.10 Å². The molecule has 0 aliphatic carbocycles. The van der Waals surface area contributed by atoms with Crippen molar-refractivity contribution in [3.63, 3.8) is 0 Å². The Morgan fingerprint density at radius 1 is 1.00 bits per heavy atom. The molecule has 0 spiro atoms. The Labute approximate surface area is 112 Å². The molecule has 5 heteroatoms. The third kappa shape index (κ3) is 2.17. The lowest BCUT2D eigenvalue weighted by molar-refractivity contribution is 0.808. The summed E-state index contributed by atoms with van der Waals surface area (Å²) in [4.78, 5) is 8.31. The first-order valence-corrected chi connectivity index (χ1v) is 6.20. The Hall–Kier alpha value is -2.01. The van der Waals surface area contributed by atoms with E-state index >= 15 is 0 Å². The van der Waals surface area contributed by atoms with Gasteiger partial charge in [0.25, 0.3) is 0 Å². The molecule has 3 rings (SSSR count). The fourth-order valence-electron chi connectivity index (χ4n) is 1.66. The summed E-state index contributed by atoms with van der Waals surface area (Å²) in [7, 11) is 0. The molecule has 2 heterocycles. The number of rotatable bonds is 2. The van der Waals surface area contributed by atoms with Crippen molar-refractivity contribution in [1.29, 1.82) is 0 Å². The lowest BCUT2D eigenvalue weighted by Crippen LogP contribution is -1.99. The zero-order valence-corrected chi connectivity index (χ0v) is 10.9. The highest BCUT2D eigenvalue weighted by molar-refractivity contribution is 9.10. The molecule has 0 bridgehead atoms. The molecule has 0 aliphatic heterocycles. The minimum absolute atomic E-state index is 0.568. The third-order valence-corrected chi connectivity index (χ3v) is 2.99. The molecule has 0 unspecified atom stereocenters. The Balaban J connectivity index is 2.00. The van der Waals surface area contributed by atoms with Gasteiger partial charge in [0.1, 0.15) is 0 Å². The standard InChI is InChI=1S/C13H9BrN4/c14-12-4-1-3-10(7-12)11-8-17-18(9-11)13-15-5-2-6-16-13/h1-9H. The first-order chi connectivity index (χ1) is 8.83. The van der Waals surface area contributed by atoms with Gasteiger partial charge in [0.15, 0.2) is 0 Å². The van der Waals surface area contributed by atoms with Crippen LogP contribution in [0.15, 0.2) is 59.6 Å². The molecule has 0 atom stereocenters. The van der Waals surface area contributed by atoms with Crippen molar-refractivity contribution < 1.29 is 0 Å². The van der Waals surface area contributed by atoms with E-state index in [1.165, 1.54) is 0 Å². The summed E-state index contributed by atoms with van der Waals surface area (Å²) in [5.41, 5.74) is 2.13. The molecule has 0 N–H and O–H groups in total. The fourth-order valence-corrected chi connectivity index (χ4v) is 2.06. The average molecular weight is 301 g/mol. The molecule has 88 valence electrons. The Morgan fingerprint density at radius 2 is 1.83 bits per heavy atom. The summed E-state index contributed by atoms with van der Waals surface area (Å²) < 4.78 is 2.71. The molecule has 0 radical (unpaired) electrons. The van der Waals surface area contributed by atoms with Gasteiger partial charge in [-0.3, -0.25) is 0 Å². The van der Waals surface area contributed by atoms with Crippen LogP contribution in [0.4, 0.5) is 0 Å². The molecule has 0 fully saturated rings. The van der Waals surface area contributed by atoms with Crippen LogP contribution in [0.3, 0.4) is 0 Å². The van der Waals surface area contributed by atoms with Crippen LogP contribution in [0, 0.1) is 0 Å². The lowest BCUT2D eigenvalue weighted by Gasteiger charge is -1.98. The van der Waals surface area contributed by atoms with Crippen molar-refractivity contribution in [3.05, 3.63) is 59.6 Å². The van der Waals surface area contributed by atoms with Crippen molar-refractivity contribution in [1.82, 2.24) is 19.7 Å². The largest absolute Gasteiger partial charge is 0.250 e. The zero-order chi connectivity index (χ0) is 12.4. The van der Waals surface area contributed by atoms with Gasteiger partial charge >= 0.3 is 0 Å². The van der Waals surface area contributed by atoms with E-state index < -0.39 is 0 Å². The summed E-state index contributed by atoms with van der Waals surface area (Å²) in [5, 5.41) is 4.27. The van der Waals surface area contributed by atoms with E-state index in [0.717, 1.165) is 15.6 Å². The predicted octanol–water partition coefficient (Wildman–Crippen LogP) is 3.09. The van der Waals surface area contributed by atoms with Crippen LogP contribution in [0.5, 0.6) is 0 Å². The third-order valence-electron chi connectivity index (χ3n) is 2.50. The van der Waals surface area contributed by atoms with E-state index in [2.05, 4.69) is 31.0 Å². The lowest BCUT2D eigenvalue weighted by atomic mass is 10.1. The Morgan fingerprint density at radius 3 is 2.61 bits per heavy atom. The summed E-state index contributed by atoms with van der Waals surface area (Å²) in [6, 6.07) is 9.86. The highest BCUT2D eigenvalue weighted by Crippen LogP contribution is 2.22. The molecule has 0 saturated carbocycles. The van der Waals surface area contributed by atoms with Gasteiger partial charge in [0, 0.05) is 28.6 Å². The number of aromatic nitrogens is 4. The second-order valence-corrected chi connectivity index (χ2v) is 4.65. The molecular formula is C13H9BrN4. The van der Waals surface area contributed by atoms with Crippen LogP contribution < -0.4 is 0 Å². The molecule has 0 saturated heterocycles. The quantitative estimate of drug-likeness (QED) is 0.730. The minimum atomic E-state index is 0.568. The van der Waals surface area contributed by atoms with Crippen LogP contribution in [0.2, 0.25) is 0 Å². The summed E-state index contributed by atoms with van der Waals surface area (Å²) in [5.74, 6) is 0.568. The second kappa shape index (κ2) is 4.70. The van der Waals surface area contributed by atoms with E-state index in [0.29, 0.717) is 5.95 Å². The van der Waals surface area contributed by atoms with Crippen LogP contribution in [0.1, 0.15) is 0 Å². The van der Waals surface area contributed by atoms with Crippen molar-refractivity contribution in [2.45, 2.75) is 0 Å². The van der Waals surface area contributed by atoms with Gasteiger partial charge in [0.2, 0.25) is 5.95 Å². The van der Waals surface area contributed by atoms with Crippen molar-refractivity contribution >= 4 is 15.9 Å². The predicted molar refractivity (Wildman–Crippen MR) is 72.3 cm³/mol. The molecular weight excluding hydrogens is 292 g/mol. The van der Waals surface area contributed by atoms with Crippen molar-refractivity contribution in [2.24, 2.45) is 0 Å². The summed E-state index contributed by atoms with van der Waals surface area (Å²) >= 11 is 3.46. The molecule has 2 aromatic heterocycles. The normalized spacial score (nSPS) is 10.5. The average Bonchev–Trinajstić information content (AvgIpc) is 2.89. The monoisotopic (exact) mass is 300 g/mol. The first-order valence-electron chi connectivity index (χ1n) is 5.41. The van der Waals surface area contributed by atoms with Crippen LogP contribution in [-0.4, -0.2) is 19.7 Å². The van der Waals surface area contributed by atoms with Gasteiger partial charge in [-0.15, -0.1) is 0 Å². The molecule has 4 nitrogen and oxygen atoms in total. The molecule has 0 aliphatic rings. The molecule has 18 heavy (non-hydrogen) atoms. The van der Waals surface area contributed by atoms with Crippen LogP contribution in [-0.2, 0) is 0 Å². The number of hydrogen-bond acceptors (Lipinski definition) is 3. The first kappa shape index (κ1) is 11.1. The van der Waals surface area contributed by atoms with Gasteiger partial charge in [0.05, 0.1) is 6.20 Å². The molecule has 3 aromatic rings. The van der Waals surface area contributed by atoms with Gasteiger partial charge in [-0.1, -0.05) is 28.1 Å². The maximum absolute atomic E-state index is 4.27. The van der Waals surface area contributed by atoms with E-state index in [9.17, 15) is 0 Å². The highest BCUT2D eigenvalue weighted by Gasteiger charge is 2.04.